The van der Waals surface area contributed by atoms with Crippen molar-refractivity contribution in [3.8, 4) is 27.9 Å². The Morgan fingerprint density at radius 1 is 0.451 bits per heavy atom. The van der Waals surface area contributed by atoms with Gasteiger partial charge in [0.05, 0.1) is 11.0 Å². The zero-order chi connectivity index (χ0) is 34.1. The third kappa shape index (κ3) is 5.85. The molecule has 0 bridgehead atoms. The highest BCUT2D eigenvalue weighted by Gasteiger charge is 2.15. The smallest absolute Gasteiger partial charge is 0.0541 e. The van der Waals surface area contributed by atoms with Crippen LogP contribution in [0.15, 0.2) is 194 Å². The summed E-state index contributed by atoms with van der Waals surface area (Å²) in [5, 5.41) is 2.55. The van der Waals surface area contributed by atoms with Gasteiger partial charge in [0.2, 0.25) is 0 Å². The predicted molar refractivity (Wildman–Crippen MR) is 217 cm³/mol. The van der Waals surface area contributed by atoms with Gasteiger partial charge in [-0.15, -0.1) is 0 Å². The molecule has 1 aromatic heterocycles. The second-order valence-corrected chi connectivity index (χ2v) is 13.5. The minimum Gasteiger partial charge on any atom is -0.311 e. The molecule has 7 aromatic carbocycles. The van der Waals surface area contributed by atoms with Crippen LogP contribution in [0.4, 0.5) is 17.1 Å². The van der Waals surface area contributed by atoms with Crippen LogP contribution in [-0.4, -0.2) is 4.57 Å². The summed E-state index contributed by atoms with van der Waals surface area (Å²) in [6.07, 6.45) is 8.01. The number of hydrogen-bond donors (Lipinski definition) is 0. The molecule has 2 heteroatoms. The Bertz CT molecular complexity index is 2460. The average molecular weight is 655 g/mol. The van der Waals surface area contributed by atoms with Crippen molar-refractivity contribution in [1.29, 1.82) is 0 Å². The van der Waals surface area contributed by atoms with E-state index in [1.165, 1.54) is 55.2 Å². The number of anilines is 3. The largest absolute Gasteiger partial charge is 0.311 e. The van der Waals surface area contributed by atoms with Gasteiger partial charge in [-0.05, 0) is 106 Å². The molecule has 0 fully saturated rings. The van der Waals surface area contributed by atoms with Crippen molar-refractivity contribution in [3.05, 3.63) is 200 Å². The lowest BCUT2D eigenvalue weighted by molar-refractivity contribution is 0.739. The maximum atomic E-state index is 2.37. The molecule has 1 unspecified atom stereocenters. The van der Waals surface area contributed by atoms with Gasteiger partial charge < -0.3 is 9.47 Å². The molecule has 9 rings (SSSR count). The Hall–Kier alpha value is -6.38. The first kappa shape index (κ1) is 30.7. The van der Waals surface area contributed by atoms with E-state index in [4.69, 9.17) is 0 Å². The molecule has 244 valence electrons. The van der Waals surface area contributed by atoms with Gasteiger partial charge in [-0.3, -0.25) is 0 Å². The van der Waals surface area contributed by atoms with E-state index in [0.717, 1.165) is 29.2 Å². The Labute approximate surface area is 299 Å². The summed E-state index contributed by atoms with van der Waals surface area (Å²) < 4.78 is 2.37. The number of allylic oxidation sites excluding steroid dienone is 4. The third-order valence-electron chi connectivity index (χ3n) is 10.2. The Morgan fingerprint density at radius 2 is 0.882 bits per heavy atom. The highest BCUT2D eigenvalue weighted by atomic mass is 15.1. The molecule has 0 aliphatic heterocycles. The van der Waals surface area contributed by atoms with E-state index in [1.807, 2.05) is 0 Å². The fraction of sp³-hybridized carbons (Fsp3) is 0.0612. The average Bonchev–Trinajstić information content (AvgIpc) is 3.54. The predicted octanol–water partition coefficient (Wildman–Crippen LogP) is 13.6. The van der Waals surface area contributed by atoms with Crippen molar-refractivity contribution in [1.82, 2.24) is 4.57 Å². The van der Waals surface area contributed by atoms with Gasteiger partial charge in [-0.1, -0.05) is 140 Å². The molecule has 8 aromatic rings. The molecule has 0 saturated heterocycles. The van der Waals surface area contributed by atoms with Crippen LogP contribution < -0.4 is 4.90 Å². The van der Waals surface area contributed by atoms with Crippen LogP contribution in [0, 0.1) is 5.92 Å². The van der Waals surface area contributed by atoms with E-state index in [2.05, 4.69) is 211 Å². The molecule has 51 heavy (non-hydrogen) atoms. The lowest BCUT2D eigenvalue weighted by atomic mass is 9.94. The van der Waals surface area contributed by atoms with Crippen LogP contribution in [0.5, 0.6) is 0 Å². The number of aromatic nitrogens is 1. The van der Waals surface area contributed by atoms with Gasteiger partial charge in [-0.2, -0.15) is 0 Å². The van der Waals surface area contributed by atoms with Gasteiger partial charge in [0.1, 0.15) is 0 Å². The van der Waals surface area contributed by atoms with Crippen LogP contribution in [0.2, 0.25) is 0 Å². The second-order valence-electron chi connectivity index (χ2n) is 13.5. The topological polar surface area (TPSA) is 8.17 Å². The fourth-order valence-corrected chi connectivity index (χ4v) is 7.43. The van der Waals surface area contributed by atoms with Crippen LogP contribution >= 0.6 is 0 Å². The summed E-state index contributed by atoms with van der Waals surface area (Å²) in [4.78, 5) is 2.35. The Balaban J connectivity index is 1.04. The van der Waals surface area contributed by atoms with Gasteiger partial charge in [-0.25, -0.2) is 0 Å². The van der Waals surface area contributed by atoms with E-state index in [9.17, 15) is 0 Å². The number of benzene rings is 7. The van der Waals surface area contributed by atoms with Crippen molar-refractivity contribution >= 4 is 44.4 Å². The molecular formula is C49H38N2. The quantitative estimate of drug-likeness (QED) is 0.166. The SMILES string of the molecule is CC1C=CC(c2ccc(N(c3ccc(-c4ccccc4)cc3)c3ccc(-c4ccc(-n5c6ccccc6c6ccccc65)cc4)cc3)cc2)=CC1. The summed E-state index contributed by atoms with van der Waals surface area (Å²) in [6.45, 7) is 2.27. The first-order valence-electron chi connectivity index (χ1n) is 17.8. The van der Waals surface area contributed by atoms with Crippen molar-refractivity contribution in [2.24, 2.45) is 5.92 Å². The lowest BCUT2D eigenvalue weighted by Crippen LogP contribution is -2.10. The molecule has 0 N–H and O–H groups in total. The van der Waals surface area contributed by atoms with Gasteiger partial charge in [0, 0.05) is 33.5 Å². The minimum absolute atomic E-state index is 0.600. The lowest BCUT2D eigenvalue weighted by Gasteiger charge is -2.26. The number of fused-ring (bicyclic) bond motifs is 3. The third-order valence-corrected chi connectivity index (χ3v) is 10.2. The zero-order valence-electron chi connectivity index (χ0n) is 28.7. The first-order chi connectivity index (χ1) is 25.2. The number of para-hydroxylation sites is 2. The van der Waals surface area contributed by atoms with Crippen molar-refractivity contribution in [3.63, 3.8) is 0 Å². The molecule has 1 aliphatic rings. The molecule has 2 nitrogen and oxygen atoms in total. The van der Waals surface area contributed by atoms with E-state index in [1.54, 1.807) is 0 Å². The van der Waals surface area contributed by atoms with Crippen LogP contribution in [0.3, 0.4) is 0 Å². The first-order valence-corrected chi connectivity index (χ1v) is 17.8. The van der Waals surface area contributed by atoms with Crippen LogP contribution in [0.25, 0.3) is 55.3 Å². The molecule has 1 atom stereocenters. The fourth-order valence-electron chi connectivity index (χ4n) is 7.43. The van der Waals surface area contributed by atoms with Crippen molar-refractivity contribution < 1.29 is 0 Å². The maximum absolute atomic E-state index is 2.37. The standard InChI is InChI=1S/C49H38N2/c1-35-15-17-37(18-16-35)39-21-29-43(30-22-39)50(42-27-19-38(20-28-42)36-9-3-2-4-10-36)44-31-23-40(24-32-44)41-25-33-45(34-26-41)51-48-13-7-5-11-46(48)47-12-6-8-14-49(47)51/h2-15,17-35H,16H2,1H3. The monoisotopic (exact) mass is 654 g/mol. The van der Waals surface area contributed by atoms with E-state index < -0.39 is 0 Å². The molecular weight excluding hydrogens is 617 g/mol. The molecule has 0 radical (unpaired) electrons. The van der Waals surface area contributed by atoms with Gasteiger partial charge >= 0.3 is 0 Å². The summed E-state index contributed by atoms with van der Waals surface area (Å²) in [5.74, 6) is 0.600. The van der Waals surface area contributed by atoms with E-state index >= 15 is 0 Å². The summed E-state index contributed by atoms with van der Waals surface area (Å²) in [5.41, 5.74) is 14.3. The van der Waals surface area contributed by atoms with Crippen LogP contribution in [0.1, 0.15) is 18.9 Å². The van der Waals surface area contributed by atoms with Crippen molar-refractivity contribution in [2.75, 3.05) is 4.90 Å². The number of hydrogen-bond acceptors (Lipinski definition) is 1. The van der Waals surface area contributed by atoms with Gasteiger partial charge in [0.15, 0.2) is 0 Å². The Kier molecular flexibility index (Phi) is 7.91. The highest BCUT2D eigenvalue weighted by molar-refractivity contribution is 6.09. The van der Waals surface area contributed by atoms with E-state index in [0.29, 0.717) is 5.92 Å². The Morgan fingerprint density at radius 3 is 1.37 bits per heavy atom. The summed E-state index contributed by atoms with van der Waals surface area (Å²) in [7, 11) is 0. The minimum atomic E-state index is 0.600. The highest BCUT2D eigenvalue weighted by Crippen LogP contribution is 2.38. The van der Waals surface area contributed by atoms with Gasteiger partial charge in [0.25, 0.3) is 0 Å². The molecule has 0 saturated carbocycles. The zero-order valence-corrected chi connectivity index (χ0v) is 28.7. The normalized spacial score (nSPS) is 14.1. The molecule has 0 spiro atoms. The summed E-state index contributed by atoms with van der Waals surface area (Å²) in [6, 6.07) is 63.7. The van der Waals surface area contributed by atoms with Crippen LogP contribution in [-0.2, 0) is 0 Å². The molecule has 1 heterocycles. The van der Waals surface area contributed by atoms with E-state index in [-0.39, 0.29) is 0 Å². The number of nitrogens with zero attached hydrogens (tertiary/aromatic N) is 2. The maximum Gasteiger partial charge on any atom is 0.0541 e. The molecule has 1 aliphatic carbocycles. The van der Waals surface area contributed by atoms with Crippen molar-refractivity contribution in [2.45, 2.75) is 13.3 Å². The molecule has 0 amide bonds. The number of rotatable bonds is 7. The second kappa shape index (κ2) is 13.2. The summed E-state index contributed by atoms with van der Waals surface area (Å²) >= 11 is 0.